The second-order valence-corrected chi connectivity index (χ2v) is 9.80. The molecule has 1 fully saturated rings. The van der Waals surface area contributed by atoms with Crippen molar-refractivity contribution in [1.29, 1.82) is 0 Å². The van der Waals surface area contributed by atoms with Crippen LogP contribution in [0, 0.1) is 10.1 Å². The molecule has 172 valence electrons. The fraction of sp³-hybridized carbons (Fsp3) is 0.409. The van der Waals surface area contributed by atoms with Gasteiger partial charge in [-0.1, -0.05) is 49.4 Å². The lowest BCUT2D eigenvalue weighted by Crippen LogP contribution is -2.55. The van der Waals surface area contributed by atoms with Crippen LogP contribution in [-0.4, -0.2) is 67.2 Å². The number of rotatable bonds is 8. The van der Waals surface area contributed by atoms with Gasteiger partial charge in [-0.2, -0.15) is 4.31 Å². The van der Waals surface area contributed by atoms with Gasteiger partial charge < -0.3 is 5.32 Å². The van der Waals surface area contributed by atoms with Crippen molar-refractivity contribution in [3.63, 3.8) is 0 Å². The minimum atomic E-state index is -3.99. The number of nitrogens with zero attached hydrogens (tertiary/aromatic N) is 3. The third-order valence-corrected chi connectivity index (χ3v) is 7.78. The van der Waals surface area contributed by atoms with E-state index in [4.69, 9.17) is 0 Å². The van der Waals surface area contributed by atoms with E-state index < -0.39 is 26.7 Å². The summed E-state index contributed by atoms with van der Waals surface area (Å²) in [7, 11) is -3.99. The van der Waals surface area contributed by atoms with Crippen molar-refractivity contribution >= 4 is 21.6 Å². The van der Waals surface area contributed by atoms with Gasteiger partial charge in [-0.3, -0.25) is 19.8 Å². The Hall–Kier alpha value is -2.82. The Morgan fingerprint density at radius 2 is 1.62 bits per heavy atom. The number of piperazine rings is 1. The highest BCUT2D eigenvalue weighted by molar-refractivity contribution is 7.89. The average molecular weight is 461 g/mol. The van der Waals surface area contributed by atoms with Crippen molar-refractivity contribution in [3.8, 4) is 0 Å². The van der Waals surface area contributed by atoms with Crippen molar-refractivity contribution in [3.05, 3.63) is 70.3 Å². The molecule has 1 N–H and O–H groups in total. The molecule has 0 radical (unpaired) electrons. The molecule has 2 aromatic carbocycles. The number of nitro benzene ring substituents is 1. The molecule has 32 heavy (non-hydrogen) atoms. The summed E-state index contributed by atoms with van der Waals surface area (Å²) in [5, 5.41) is 14.2. The van der Waals surface area contributed by atoms with Gasteiger partial charge in [0, 0.05) is 38.8 Å². The zero-order valence-electron chi connectivity index (χ0n) is 18.2. The van der Waals surface area contributed by atoms with E-state index in [1.807, 2.05) is 42.2 Å². The molecule has 1 saturated heterocycles. The predicted molar refractivity (Wildman–Crippen MR) is 121 cm³/mol. The van der Waals surface area contributed by atoms with Gasteiger partial charge in [-0.25, -0.2) is 8.42 Å². The Labute approximate surface area is 188 Å². The van der Waals surface area contributed by atoms with Crippen molar-refractivity contribution in [1.82, 2.24) is 14.5 Å². The molecule has 0 saturated carbocycles. The number of para-hydroxylation sites is 1. The second-order valence-electron chi connectivity index (χ2n) is 7.90. The number of carbonyl (C=O) groups excluding carboxylic acids is 1. The van der Waals surface area contributed by atoms with Gasteiger partial charge in [0.15, 0.2) is 4.90 Å². The summed E-state index contributed by atoms with van der Waals surface area (Å²) in [6, 6.07) is 14.9. The number of amides is 1. The van der Waals surface area contributed by atoms with Crippen molar-refractivity contribution in [2.75, 3.05) is 32.7 Å². The third-order valence-electron chi connectivity index (χ3n) is 5.83. The first-order valence-electron chi connectivity index (χ1n) is 10.5. The molecule has 2 aromatic rings. The number of sulfonamides is 1. The lowest BCUT2D eigenvalue weighted by Gasteiger charge is -2.36. The molecule has 9 nitrogen and oxygen atoms in total. The van der Waals surface area contributed by atoms with Gasteiger partial charge in [0.05, 0.1) is 11.0 Å². The summed E-state index contributed by atoms with van der Waals surface area (Å²) in [6.45, 7) is 5.41. The standard InChI is InChI=1S/C22H28N4O5S/c1-17(19-8-4-3-5-9-19)16-23-22(27)18(2)24-12-14-25(15-13-24)32(30,31)21-11-7-6-10-20(21)26(28)29/h3-11,17-18H,12-16H2,1-2H3,(H,23,27). The van der Waals surface area contributed by atoms with E-state index in [0.717, 1.165) is 5.56 Å². The molecule has 0 bridgehead atoms. The lowest BCUT2D eigenvalue weighted by atomic mass is 10.0. The maximum atomic E-state index is 13.0. The van der Waals surface area contributed by atoms with Crippen LogP contribution < -0.4 is 5.32 Å². The molecule has 0 aliphatic carbocycles. The summed E-state index contributed by atoms with van der Waals surface area (Å²) in [6.07, 6.45) is 0. The van der Waals surface area contributed by atoms with Gasteiger partial charge >= 0.3 is 0 Å². The summed E-state index contributed by atoms with van der Waals surface area (Å²) in [5.74, 6) is 0.0683. The molecule has 0 spiro atoms. The molecule has 1 amide bonds. The van der Waals surface area contributed by atoms with E-state index >= 15 is 0 Å². The fourth-order valence-corrected chi connectivity index (χ4v) is 5.34. The fourth-order valence-electron chi connectivity index (χ4n) is 3.76. The largest absolute Gasteiger partial charge is 0.354 e. The SMILES string of the molecule is CC(CNC(=O)C(C)N1CCN(S(=O)(=O)c2ccccc2[N+](=O)[O-])CC1)c1ccccc1. The molecule has 10 heteroatoms. The number of hydrogen-bond acceptors (Lipinski definition) is 6. The van der Waals surface area contributed by atoms with Crippen LogP contribution >= 0.6 is 0 Å². The molecule has 1 aliphatic heterocycles. The van der Waals surface area contributed by atoms with Crippen LogP contribution in [0.3, 0.4) is 0 Å². The van der Waals surface area contributed by atoms with Gasteiger partial charge in [0.25, 0.3) is 5.69 Å². The smallest absolute Gasteiger partial charge is 0.289 e. The molecule has 1 aliphatic rings. The molecular weight excluding hydrogens is 432 g/mol. The van der Waals surface area contributed by atoms with Crippen LogP contribution in [0.15, 0.2) is 59.5 Å². The summed E-state index contributed by atoms with van der Waals surface area (Å²) < 4.78 is 27.2. The van der Waals surface area contributed by atoms with Gasteiger partial charge in [0.1, 0.15) is 0 Å². The molecule has 2 atom stereocenters. The first-order chi connectivity index (χ1) is 15.2. The van der Waals surface area contributed by atoms with Crippen molar-refractivity contribution in [2.45, 2.75) is 30.7 Å². The van der Waals surface area contributed by atoms with E-state index in [2.05, 4.69) is 5.32 Å². The third kappa shape index (κ3) is 5.32. The normalized spacial score (nSPS) is 17.4. The monoisotopic (exact) mass is 460 g/mol. The minimum Gasteiger partial charge on any atom is -0.354 e. The highest BCUT2D eigenvalue weighted by Gasteiger charge is 2.35. The minimum absolute atomic E-state index is 0.109. The Morgan fingerprint density at radius 1 is 1.03 bits per heavy atom. The molecule has 2 unspecified atom stereocenters. The van der Waals surface area contributed by atoms with Crippen LogP contribution in [0.25, 0.3) is 0 Å². The summed E-state index contributed by atoms with van der Waals surface area (Å²) in [5.41, 5.74) is 0.712. The highest BCUT2D eigenvalue weighted by Crippen LogP contribution is 2.27. The number of nitro groups is 1. The van der Waals surface area contributed by atoms with Gasteiger partial charge in [0.2, 0.25) is 15.9 Å². The summed E-state index contributed by atoms with van der Waals surface area (Å²) in [4.78, 5) is 24.8. The van der Waals surface area contributed by atoms with Crippen molar-refractivity contribution < 1.29 is 18.1 Å². The summed E-state index contributed by atoms with van der Waals surface area (Å²) >= 11 is 0. The van der Waals surface area contributed by atoms with E-state index in [9.17, 15) is 23.3 Å². The Balaban J connectivity index is 1.57. The van der Waals surface area contributed by atoms with E-state index in [0.29, 0.717) is 19.6 Å². The van der Waals surface area contributed by atoms with Gasteiger partial charge in [-0.05, 0) is 24.5 Å². The Bertz CT molecular complexity index is 1050. The average Bonchev–Trinajstić information content (AvgIpc) is 2.82. The van der Waals surface area contributed by atoms with E-state index in [-0.39, 0.29) is 29.8 Å². The first-order valence-corrected chi connectivity index (χ1v) is 12.0. The molecule has 3 rings (SSSR count). The molecular formula is C22H28N4O5S. The van der Waals surface area contributed by atoms with Crippen LogP contribution in [0.2, 0.25) is 0 Å². The predicted octanol–water partition coefficient (Wildman–Crippen LogP) is 2.21. The Kier molecular flexibility index (Phi) is 7.60. The maximum Gasteiger partial charge on any atom is 0.289 e. The van der Waals surface area contributed by atoms with Crippen LogP contribution in [0.4, 0.5) is 5.69 Å². The van der Waals surface area contributed by atoms with Gasteiger partial charge in [-0.15, -0.1) is 0 Å². The second kappa shape index (κ2) is 10.2. The first kappa shape index (κ1) is 23.8. The van der Waals surface area contributed by atoms with Crippen molar-refractivity contribution in [2.24, 2.45) is 0 Å². The zero-order valence-corrected chi connectivity index (χ0v) is 19.0. The number of hydrogen-bond donors (Lipinski definition) is 1. The van der Waals surface area contributed by atoms with E-state index in [1.54, 1.807) is 6.92 Å². The van der Waals surface area contributed by atoms with E-state index in [1.165, 1.54) is 28.6 Å². The van der Waals surface area contributed by atoms with Crippen LogP contribution in [0.5, 0.6) is 0 Å². The maximum absolute atomic E-state index is 13.0. The zero-order chi connectivity index (χ0) is 23.3. The van der Waals surface area contributed by atoms with Crippen LogP contribution in [0.1, 0.15) is 25.3 Å². The number of carbonyl (C=O) groups is 1. The van der Waals surface area contributed by atoms with Crippen LogP contribution in [-0.2, 0) is 14.8 Å². The molecule has 1 heterocycles. The number of benzene rings is 2. The Morgan fingerprint density at radius 3 is 2.25 bits per heavy atom. The number of nitrogens with one attached hydrogen (secondary N) is 1. The quantitative estimate of drug-likeness (QED) is 0.477. The molecule has 0 aromatic heterocycles. The topological polar surface area (TPSA) is 113 Å². The lowest BCUT2D eigenvalue weighted by molar-refractivity contribution is -0.387. The highest BCUT2D eigenvalue weighted by atomic mass is 32.2.